The van der Waals surface area contributed by atoms with Crippen LogP contribution < -0.4 is 9.47 Å². The zero-order valence-electron chi connectivity index (χ0n) is 15.6. The summed E-state index contributed by atoms with van der Waals surface area (Å²) in [4.78, 5) is 11.7. The first-order chi connectivity index (χ1) is 12.5. The minimum atomic E-state index is -0.282. The Balaban J connectivity index is 1.85. The molecule has 1 aliphatic rings. The molecule has 26 heavy (non-hydrogen) atoms. The van der Waals surface area contributed by atoms with E-state index in [0.717, 1.165) is 12.2 Å². The Labute approximate surface area is 160 Å². The van der Waals surface area contributed by atoms with E-state index in [1.807, 2.05) is 0 Å². The smallest absolute Gasteiger partial charge is 0.310 e. The molecule has 0 aromatic heterocycles. The highest BCUT2D eigenvalue weighted by Gasteiger charge is 2.28. The van der Waals surface area contributed by atoms with Gasteiger partial charge >= 0.3 is 5.97 Å². The second kappa shape index (κ2) is 8.13. The van der Waals surface area contributed by atoms with Crippen molar-refractivity contribution < 1.29 is 14.3 Å². The molecule has 0 aliphatic heterocycles. The summed E-state index contributed by atoms with van der Waals surface area (Å²) in [5, 5.41) is 0.543. The Morgan fingerprint density at radius 1 is 1.19 bits per heavy atom. The Kier molecular flexibility index (Phi) is 5.87. The maximum absolute atomic E-state index is 11.7. The standard InChI is InChI=1S/C22H25ClO3/c1-4-15-12-17(16-9-10-16)21(11-14(15)3)25-13-18-19(23)7-6-8-20(18)26-22(24)5-2/h6-8,11-12,16H,4-5,9-10,13H2,1-3H3. The van der Waals surface area contributed by atoms with Crippen molar-refractivity contribution in [3.05, 3.63) is 57.6 Å². The maximum Gasteiger partial charge on any atom is 0.310 e. The second-order valence-electron chi connectivity index (χ2n) is 6.78. The number of ether oxygens (including phenoxy) is 2. The lowest BCUT2D eigenvalue weighted by Gasteiger charge is -2.17. The first-order valence-corrected chi connectivity index (χ1v) is 9.65. The molecule has 0 atom stereocenters. The third-order valence-electron chi connectivity index (χ3n) is 4.83. The number of benzene rings is 2. The van der Waals surface area contributed by atoms with Gasteiger partial charge < -0.3 is 9.47 Å². The lowest BCUT2D eigenvalue weighted by atomic mass is 9.99. The highest BCUT2D eigenvalue weighted by molar-refractivity contribution is 6.31. The molecule has 0 bridgehead atoms. The molecule has 2 aromatic rings. The highest BCUT2D eigenvalue weighted by Crippen LogP contribution is 2.45. The van der Waals surface area contributed by atoms with Crippen LogP contribution in [0, 0.1) is 6.92 Å². The molecule has 0 N–H and O–H groups in total. The van der Waals surface area contributed by atoms with E-state index in [1.54, 1.807) is 25.1 Å². The topological polar surface area (TPSA) is 35.5 Å². The lowest BCUT2D eigenvalue weighted by Crippen LogP contribution is -2.09. The molecule has 0 amide bonds. The summed E-state index contributed by atoms with van der Waals surface area (Å²) in [6.07, 6.45) is 3.77. The van der Waals surface area contributed by atoms with Gasteiger partial charge in [0, 0.05) is 6.42 Å². The lowest BCUT2D eigenvalue weighted by molar-refractivity contribution is -0.134. The van der Waals surface area contributed by atoms with Crippen molar-refractivity contribution in [3.63, 3.8) is 0 Å². The van der Waals surface area contributed by atoms with Gasteiger partial charge in [0.1, 0.15) is 18.1 Å². The monoisotopic (exact) mass is 372 g/mol. The van der Waals surface area contributed by atoms with Crippen molar-refractivity contribution in [2.24, 2.45) is 0 Å². The predicted octanol–water partition coefficient (Wildman–Crippen LogP) is 5.98. The minimum absolute atomic E-state index is 0.274. The molecule has 0 spiro atoms. The van der Waals surface area contributed by atoms with Crippen LogP contribution in [0.5, 0.6) is 11.5 Å². The zero-order chi connectivity index (χ0) is 18.7. The summed E-state index contributed by atoms with van der Waals surface area (Å²) in [5.74, 6) is 1.70. The normalized spacial score (nSPS) is 13.5. The number of hydrogen-bond acceptors (Lipinski definition) is 3. The molecule has 0 unspecified atom stereocenters. The molecular formula is C22H25ClO3. The number of carbonyl (C=O) groups excluding carboxylic acids is 1. The summed E-state index contributed by atoms with van der Waals surface area (Å²) in [5.41, 5.74) is 4.60. The van der Waals surface area contributed by atoms with E-state index in [-0.39, 0.29) is 12.6 Å². The van der Waals surface area contributed by atoms with Gasteiger partial charge in [0.25, 0.3) is 0 Å². The van der Waals surface area contributed by atoms with Crippen molar-refractivity contribution in [1.82, 2.24) is 0 Å². The van der Waals surface area contributed by atoms with Gasteiger partial charge in [-0.25, -0.2) is 0 Å². The van der Waals surface area contributed by atoms with Gasteiger partial charge in [-0.05, 0) is 67.0 Å². The third kappa shape index (κ3) is 4.21. The van der Waals surface area contributed by atoms with Crippen molar-refractivity contribution in [1.29, 1.82) is 0 Å². The van der Waals surface area contributed by atoms with Crippen LogP contribution in [0.1, 0.15) is 61.3 Å². The third-order valence-corrected chi connectivity index (χ3v) is 5.18. The van der Waals surface area contributed by atoms with Crippen LogP contribution in [0.2, 0.25) is 5.02 Å². The van der Waals surface area contributed by atoms with E-state index >= 15 is 0 Å². The number of rotatable bonds is 7. The summed E-state index contributed by atoms with van der Waals surface area (Å²) in [7, 11) is 0. The summed E-state index contributed by atoms with van der Waals surface area (Å²) in [6, 6.07) is 9.73. The molecule has 3 rings (SSSR count). The van der Waals surface area contributed by atoms with Gasteiger partial charge in [-0.2, -0.15) is 0 Å². The van der Waals surface area contributed by atoms with E-state index in [9.17, 15) is 4.79 Å². The molecule has 1 fully saturated rings. The van der Waals surface area contributed by atoms with Crippen LogP contribution in [0.3, 0.4) is 0 Å². The molecule has 0 heterocycles. The summed E-state index contributed by atoms with van der Waals surface area (Å²) < 4.78 is 11.6. The average Bonchev–Trinajstić information content (AvgIpc) is 3.46. The molecule has 2 aromatic carbocycles. The fourth-order valence-electron chi connectivity index (χ4n) is 3.08. The number of halogens is 1. The Morgan fingerprint density at radius 3 is 2.62 bits per heavy atom. The van der Waals surface area contributed by atoms with Gasteiger partial charge in [0.05, 0.1) is 10.6 Å². The van der Waals surface area contributed by atoms with Crippen LogP contribution in [-0.2, 0) is 17.8 Å². The second-order valence-corrected chi connectivity index (χ2v) is 7.18. The first kappa shape index (κ1) is 18.8. The van der Waals surface area contributed by atoms with E-state index in [0.29, 0.717) is 28.7 Å². The van der Waals surface area contributed by atoms with Gasteiger partial charge in [-0.1, -0.05) is 37.6 Å². The summed E-state index contributed by atoms with van der Waals surface area (Å²) >= 11 is 6.34. The number of aryl methyl sites for hydroxylation is 2. The average molecular weight is 373 g/mol. The van der Waals surface area contributed by atoms with Crippen LogP contribution in [0.4, 0.5) is 0 Å². The number of carbonyl (C=O) groups is 1. The maximum atomic E-state index is 11.7. The molecule has 0 saturated heterocycles. The quantitative estimate of drug-likeness (QED) is 0.442. The van der Waals surface area contributed by atoms with Crippen molar-refractivity contribution in [2.45, 2.75) is 59.0 Å². The Hall–Kier alpha value is -2.00. The largest absolute Gasteiger partial charge is 0.488 e. The Morgan fingerprint density at radius 2 is 1.96 bits per heavy atom. The number of esters is 1. The molecular weight excluding hydrogens is 348 g/mol. The molecule has 0 radical (unpaired) electrons. The zero-order valence-corrected chi connectivity index (χ0v) is 16.4. The predicted molar refractivity (Wildman–Crippen MR) is 104 cm³/mol. The van der Waals surface area contributed by atoms with Crippen molar-refractivity contribution in [2.75, 3.05) is 0 Å². The molecule has 138 valence electrons. The number of hydrogen-bond donors (Lipinski definition) is 0. The van der Waals surface area contributed by atoms with Crippen LogP contribution in [-0.4, -0.2) is 5.97 Å². The van der Waals surface area contributed by atoms with Crippen molar-refractivity contribution in [3.8, 4) is 11.5 Å². The SMILES string of the molecule is CCC(=O)Oc1cccc(Cl)c1COc1cc(C)c(CC)cc1C1CC1. The minimum Gasteiger partial charge on any atom is -0.488 e. The highest BCUT2D eigenvalue weighted by atomic mass is 35.5. The molecule has 1 saturated carbocycles. The van der Waals surface area contributed by atoms with E-state index < -0.39 is 0 Å². The van der Waals surface area contributed by atoms with Gasteiger partial charge in [0.15, 0.2) is 0 Å². The van der Waals surface area contributed by atoms with Crippen LogP contribution in [0.25, 0.3) is 0 Å². The van der Waals surface area contributed by atoms with Gasteiger partial charge in [0.2, 0.25) is 0 Å². The van der Waals surface area contributed by atoms with Crippen LogP contribution in [0.15, 0.2) is 30.3 Å². The fraction of sp³-hybridized carbons (Fsp3) is 0.409. The molecule has 4 heteroatoms. The Bertz CT molecular complexity index is 809. The summed E-state index contributed by atoms with van der Waals surface area (Å²) in [6.45, 7) is 6.34. The van der Waals surface area contributed by atoms with E-state index in [4.69, 9.17) is 21.1 Å². The van der Waals surface area contributed by atoms with Gasteiger partial charge in [-0.15, -0.1) is 0 Å². The first-order valence-electron chi connectivity index (χ1n) is 9.27. The van der Waals surface area contributed by atoms with E-state index in [2.05, 4.69) is 26.0 Å². The van der Waals surface area contributed by atoms with E-state index in [1.165, 1.54) is 29.5 Å². The van der Waals surface area contributed by atoms with Gasteiger partial charge in [-0.3, -0.25) is 4.79 Å². The molecule has 3 nitrogen and oxygen atoms in total. The molecule has 1 aliphatic carbocycles. The fourth-order valence-corrected chi connectivity index (χ4v) is 3.30. The van der Waals surface area contributed by atoms with Crippen LogP contribution >= 0.6 is 11.6 Å². The van der Waals surface area contributed by atoms with Crippen molar-refractivity contribution >= 4 is 17.6 Å².